The minimum absolute atomic E-state index is 0.150. The summed E-state index contributed by atoms with van der Waals surface area (Å²) in [6.07, 6.45) is 0. The highest BCUT2D eigenvalue weighted by molar-refractivity contribution is 7.99. The van der Waals surface area contributed by atoms with Crippen molar-refractivity contribution in [2.45, 2.75) is 11.7 Å². The van der Waals surface area contributed by atoms with Crippen molar-refractivity contribution >= 4 is 34.1 Å². The lowest BCUT2D eigenvalue weighted by atomic mass is 10.2. The van der Waals surface area contributed by atoms with Gasteiger partial charge in [-0.1, -0.05) is 53.4 Å². The minimum atomic E-state index is -0.150. The Balaban J connectivity index is 1.29. The second-order valence-electron chi connectivity index (χ2n) is 6.46. The highest BCUT2D eigenvalue weighted by Crippen LogP contribution is 2.26. The predicted octanol–water partition coefficient (Wildman–Crippen LogP) is 1.90. The first-order chi connectivity index (χ1) is 14.2. The maximum Gasteiger partial charge on any atom is 0.236 e. The van der Waals surface area contributed by atoms with Gasteiger partial charge in [0.05, 0.1) is 25.5 Å². The molecule has 3 aromatic rings. The summed E-state index contributed by atoms with van der Waals surface area (Å²) in [5.74, 6) is 0.957. The molecule has 29 heavy (non-hydrogen) atoms. The molecule has 0 spiro atoms. The van der Waals surface area contributed by atoms with Crippen LogP contribution in [0.25, 0.3) is 10.6 Å². The van der Waals surface area contributed by atoms with Gasteiger partial charge in [0.15, 0.2) is 5.16 Å². The molecule has 1 aliphatic rings. The Morgan fingerprint density at radius 1 is 1.17 bits per heavy atom. The van der Waals surface area contributed by atoms with Gasteiger partial charge in [-0.2, -0.15) is 0 Å². The maximum atomic E-state index is 12.3. The van der Waals surface area contributed by atoms with Gasteiger partial charge in [0.2, 0.25) is 11.0 Å². The zero-order valence-electron chi connectivity index (χ0n) is 15.9. The topological polar surface area (TPSA) is 98.1 Å². The average molecular weight is 432 g/mol. The number of amides is 1. The second-order valence-corrected chi connectivity index (χ2v) is 8.38. The summed E-state index contributed by atoms with van der Waals surface area (Å²) >= 11 is 2.70. The van der Waals surface area contributed by atoms with E-state index in [0.29, 0.717) is 10.3 Å². The van der Waals surface area contributed by atoms with Crippen LogP contribution in [-0.4, -0.2) is 67.8 Å². The van der Waals surface area contributed by atoms with E-state index in [0.717, 1.165) is 49.2 Å². The van der Waals surface area contributed by atoms with Crippen LogP contribution in [-0.2, 0) is 23.1 Å². The molecule has 0 bridgehead atoms. The van der Waals surface area contributed by atoms with Gasteiger partial charge in [-0.05, 0) is 0 Å². The molecule has 1 saturated heterocycles. The van der Waals surface area contributed by atoms with E-state index in [1.165, 1.54) is 23.1 Å². The van der Waals surface area contributed by atoms with E-state index in [9.17, 15) is 4.79 Å². The number of aromatic nitrogens is 5. The van der Waals surface area contributed by atoms with Gasteiger partial charge in [0.1, 0.15) is 10.8 Å². The monoisotopic (exact) mass is 431 g/mol. The standard InChI is InChI=1S/C18H21N7O2S2/c1-24-14(11-25-7-9-27-10-8-25)20-23-18(24)28-12-15(26)19-17-22-21-16(29-17)13-5-3-2-4-6-13/h2-6H,7-12H2,1H3,(H,19,22,26). The molecule has 1 aromatic carbocycles. The molecule has 0 radical (unpaired) electrons. The fraction of sp³-hybridized carbons (Fsp3) is 0.389. The third-order valence-electron chi connectivity index (χ3n) is 4.42. The first-order valence-corrected chi connectivity index (χ1v) is 11.0. The molecule has 1 amide bonds. The zero-order chi connectivity index (χ0) is 20.1. The summed E-state index contributed by atoms with van der Waals surface area (Å²) in [7, 11) is 1.92. The molecule has 4 rings (SSSR count). The molecule has 0 atom stereocenters. The van der Waals surface area contributed by atoms with E-state index >= 15 is 0 Å². The van der Waals surface area contributed by atoms with Crippen LogP contribution >= 0.6 is 23.1 Å². The number of benzene rings is 1. The Labute approximate surface area is 176 Å². The number of morpholine rings is 1. The molecule has 9 nitrogen and oxygen atoms in total. The van der Waals surface area contributed by atoms with Gasteiger partial charge in [0, 0.05) is 25.7 Å². The number of carbonyl (C=O) groups is 1. The Hall–Kier alpha value is -2.34. The van der Waals surface area contributed by atoms with Crippen molar-refractivity contribution in [2.75, 3.05) is 37.4 Å². The van der Waals surface area contributed by atoms with E-state index < -0.39 is 0 Å². The Bertz CT molecular complexity index is 954. The first-order valence-electron chi connectivity index (χ1n) is 9.19. The van der Waals surface area contributed by atoms with Gasteiger partial charge in [0.25, 0.3) is 0 Å². The number of hydrogen-bond donors (Lipinski definition) is 1. The first kappa shape index (κ1) is 20.0. The molecule has 0 unspecified atom stereocenters. The van der Waals surface area contributed by atoms with Crippen molar-refractivity contribution in [3.63, 3.8) is 0 Å². The van der Waals surface area contributed by atoms with Crippen LogP contribution in [0.2, 0.25) is 0 Å². The largest absolute Gasteiger partial charge is 0.379 e. The summed E-state index contributed by atoms with van der Waals surface area (Å²) in [4.78, 5) is 14.6. The third kappa shape index (κ3) is 5.18. The van der Waals surface area contributed by atoms with E-state index in [4.69, 9.17) is 4.74 Å². The lowest BCUT2D eigenvalue weighted by Crippen LogP contribution is -2.36. The van der Waals surface area contributed by atoms with Crippen molar-refractivity contribution in [1.82, 2.24) is 29.9 Å². The molecule has 11 heteroatoms. The van der Waals surface area contributed by atoms with Crippen molar-refractivity contribution in [1.29, 1.82) is 0 Å². The van der Waals surface area contributed by atoms with Crippen LogP contribution in [0.3, 0.4) is 0 Å². The third-order valence-corrected chi connectivity index (χ3v) is 6.33. The lowest BCUT2D eigenvalue weighted by molar-refractivity contribution is -0.113. The molecular formula is C18H21N7O2S2. The number of hydrogen-bond acceptors (Lipinski definition) is 9. The van der Waals surface area contributed by atoms with Gasteiger partial charge in [-0.25, -0.2) is 0 Å². The Kier molecular flexibility index (Phi) is 6.49. The zero-order valence-corrected chi connectivity index (χ0v) is 17.6. The smallest absolute Gasteiger partial charge is 0.236 e. The van der Waals surface area contributed by atoms with Crippen molar-refractivity contribution < 1.29 is 9.53 Å². The van der Waals surface area contributed by atoms with Gasteiger partial charge >= 0.3 is 0 Å². The summed E-state index contributed by atoms with van der Waals surface area (Å²) in [6, 6.07) is 9.76. The van der Waals surface area contributed by atoms with E-state index in [2.05, 4.69) is 30.6 Å². The molecule has 152 valence electrons. The Morgan fingerprint density at radius 2 is 1.97 bits per heavy atom. The summed E-state index contributed by atoms with van der Waals surface area (Å²) in [5, 5.41) is 21.4. The molecule has 0 aliphatic carbocycles. The van der Waals surface area contributed by atoms with Crippen molar-refractivity contribution in [2.24, 2.45) is 7.05 Å². The fourth-order valence-electron chi connectivity index (χ4n) is 2.82. The van der Waals surface area contributed by atoms with Crippen LogP contribution in [0.15, 0.2) is 35.5 Å². The van der Waals surface area contributed by atoms with Crippen LogP contribution in [0, 0.1) is 0 Å². The number of rotatable bonds is 7. The van der Waals surface area contributed by atoms with E-state index in [1.807, 2.05) is 41.9 Å². The number of ether oxygens (including phenoxy) is 1. The minimum Gasteiger partial charge on any atom is -0.379 e. The fourth-order valence-corrected chi connectivity index (χ4v) is 4.32. The second kappa shape index (κ2) is 9.44. The van der Waals surface area contributed by atoms with E-state index in [-0.39, 0.29) is 11.7 Å². The number of carbonyl (C=O) groups excluding carboxylic acids is 1. The number of anilines is 1. The van der Waals surface area contributed by atoms with Crippen LogP contribution in [0.4, 0.5) is 5.13 Å². The molecule has 1 aliphatic heterocycles. The maximum absolute atomic E-state index is 12.3. The number of nitrogens with one attached hydrogen (secondary N) is 1. The van der Waals surface area contributed by atoms with Crippen LogP contribution in [0.1, 0.15) is 5.82 Å². The molecule has 1 fully saturated rings. The quantitative estimate of drug-likeness (QED) is 0.567. The predicted molar refractivity (Wildman–Crippen MR) is 112 cm³/mol. The normalized spacial score (nSPS) is 14.8. The average Bonchev–Trinajstić information content (AvgIpc) is 3.35. The van der Waals surface area contributed by atoms with Crippen LogP contribution in [0.5, 0.6) is 0 Å². The van der Waals surface area contributed by atoms with Gasteiger partial charge in [-0.3, -0.25) is 15.0 Å². The number of nitrogens with zero attached hydrogens (tertiary/aromatic N) is 6. The highest BCUT2D eigenvalue weighted by Gasteiger charge is 2.17. The van der Waals surface area contributed by atoms with Crippen molar-refractivity contribution in [3.05, 3.63) is 36.2 Å². The Morgan fingerprint density at radius 3 is 2.76 bits per heavy atom. The molecule has 2 aromatic heterocycles. The SMILES string of the molecule is Cn1c(CN2CCOCC2)nnc1SCC(=O)Nc1nnc(-c2ccccc2)s1. The highest BCUT2D eigenvalue weighted by atomic mass is 32.2. The molecule has 3 heterocycles. The summed E-state index contributed by atoms with van der Waals surface area (Å²) < 4.78 is 7.31. The van der Waals surface area contributed by atoms with Crippen molar-refractivity contribution in [3.8, 4) is 10.6 Å². The van der Waals surface area contributed by atoms with E-state index in [1.54, 1.807) is 0 Å². The number of thioether (sulfide) groups is 1. The van der Waals surface area contributed by atoms with Gasteiger partial charge in [-0.15, -0.1) is 20.4 Å². The van der Waals surface area contributed by atoms with Gasteiger partial charge < -0.3 is 9.30 Å². The van der Waals surface area contributed by atoms with Crippen LogP contribution < -0.4 is 5.32 Å². The summed E-state index contributed by atoms with van der Waals surface area (Å²) in [5.41, 5.74) is 0.978. The molecule has 1 N–H and O–H groups in total. The lowest BCUT2D eigenvalue weighted by Gasteiger charge is -2.25. The molecular weight excluding hydrogens is 410 g/mol. The molecule has 0 saturated carbocycles. The summed E-state index contributed by atoms with van der Waals surface area (Å²) in [6.45, 7) is 4.01.